The maximum absolute atomic E-state index is 12.8. The zero-order chi connectivity index (χ0) is 21.8. The number of fused-ring (bicyclic) bond motifs is 1. The summed E-state index contributed by atoms with van der Waals surface area (Å²) < 4.78 is 25.5. The molecule has 3 aromatic rings. The minimum atomic E-state index is -2.70. The Labute approximate surface area is 178 Å². The Bertz CT molecular complexity index is 1060. The number of hydrogen-bond acceptors (Lipinski definition) is 4. The van der Waals surface area contributed by atoms with Crippen molar-refractivity contribution < 1.29 is 18.4 Å². The van der Waals surface area contributed by atoms with E-state index in [0.717, 1.165) is 18.8 Å². The van der Waals surface area contributed by atoms with Gasteiger partial charge in [0.2, 0.25) is 5.91 Å². The van der Waals surface area contributed by atoms with Gasteiger partial charge >= 0.3 is 0 Å². The van der Waals surface area contributed by atoms with E-state index in [1.165, 1.54) is 18.2 Å². The first-order valence-electron chi connectivity index (χ1n) is 10.1. The third-order valence-corrected chi connectivity index (χ3v) is 5.35. The van der Waals surface area contributed by atoms with Crippen LogP contribution in [0.25, 0.3) is 11.0 Å². The van der Waals surface area contributed by atoms with E-state index in [-0.39, 0.29) is 24.8 Å². The highest BCUT2D eigenvalue weighted by atomic mass is 19.3. The maximum atomic E-state index is 12.8. The van der Waals surface area contributed by atoms with Gasteiger partial charge in [-0.3, -0.25) is 9.59 Å². The maximum Gasteiger partial charge on any atom is 0.295 e. The van der Waals surface area contributed by atoms with Crippen molar-refractivity contribution in [3.05, 3.63) is 59.9 Å². The van der Waals surface area contributed by atoms with Gasteiger partial charge < -0.3 is 20.1 Å². The lowest BCUT2D eigenvalue weighted by molar-refractivity contribution is -0.131. The van der Waals surface area contributed by atoms with Crippen LogP contribution >= 0.6 is 0 Å². The molecule has 2 aromatic carbocycles. The van der Waals surface area contributed by atoms with E-state index in [1.54, 1.807) is 0 Å². The van der Waals surface area contributed by atoms with Gasteiger partial charge in [-0.15, -0.1) is 0 Å². The molecule has 0 aliphatic carbocycles. The largest absolute Gasteiger partial charge is 0.368 e. The fraction of sp³-hybridized carbons (Fsp3) is 0.318. The Balaban J connectivity index is 1.25. The van der Waals surface area contributed by atoms with E-state index in [0.29, 0.717) is 29.7 Å². The number of rotatable bonds is 6. The minimum absolute atomic E-state index is 0.00129. The Kier molecular flexibility index (Phi) is 6.11. The van der Waals surface area contributed by atoms with E-state index in [4.69, 9.17) is 0 Å². The molecule has 7 nitrogen and oxygen atoms in total. The molecule has 2 N–H and O–H groups in total. The molecule has 9 heteroatoms. The fourth-order valence-corrected chi connectivity index (χ4v) is 3.67. The first-order chi connectivity index (χ1) is 15.0. The van der Waals surface area contributed by atoms with Gasteiger partial charge in [0, 0.05) is 50.4 Å². The number of alkyl halides is 2. The molecule has 2 heterocycles. The summed E-state index contributed by atoms with van der Waals surface area (Å²) in [6, 6.07) is 14.6. The summed E-state index contributed by atoms with van der Waals surface area (Å²) in [6.45, 7) is 3.04. The van der Waals surface area contributed by atoms with E-state index in [1.807, 2.05) is 23.1 Å². The van der Waals surface area contributed by atoms with Crippen molar-refractivity contribution in [3.63, 3.8) is 0 Å². The van der Waals surface area contributed by atoms with Gasteiger partial charge in [0.05, 0.1) is 11.0 Å². The summed E-state index contributed by atoms with van der Waals surface area (Å²) in [5.74, 6) is -0.791. The number of para-hydroxylation sites is 1. The summed E-state index contributed by atoms with van der Waals surface area (Å²) in [4.78, 5) is 35.2. The molecule has 2 amide bonds. The molecule has 0 atom stereocenters. The molecule has 1 aliphatic rings. The highest BCUT2D eigenvalue weighted by Gasteiger charge is 2.21. The molecular weight excluding hydrogens is 404 g/mol. The van der Waals surface area contributed by atoms with E-state index in [2.05, 4.69) is 32.3 Å². The molecule has 1 aliphatic heterocycles. The summed E-state index contributed by atoms with van der Waals surface area (Å²) in [7, 11) is 0. The van der Waals surface area contributed by atoms with Crippen molar-refractivity contribution in [2.24, 2.45) is 0 Å². The molecular formula is C22H23F2N5O2. The van der Waals surface area contributed by atoms with Crippen LogP contribution in [0, 0.1) is 0 Å². The monoisotopic (exact) mass is 427 g/mol. The lowest BCUT2D eigenvalue weighted by Crippen LogP contribution is -2.49. The van der Waals surface area contributed by atoms with Crippen LogP contribution in [0.4, 0.5) is 14.5 Å². The number of halogens is 2. The number of benzene rings is 2. The number of H-pyrrole nitrogens is 1. The van der Waals surface area contributed by atoms with Crippen LogP contribution in [0.3, 0.4) is 0 Å². The zero-order valence-electron chi connectivity index (χ0n) is 16.9. The van der Waals surface area contributed by atoms with E-state index >= 15 is 0 Å². The number of amides is 2. The van der Waals surface area contributed by atoms with Crippen LogP contribution in [-0.4, -0.2) is 59.4 Å². The third kappa shape index (κ3) is 4.82. The summed E-state index contributed by atoms with van der Waals surface area (Å²) in [5, 5.41) is 2.72. The van der Waals surface area contributed by atoms with Crippen molar-refractivity contribution in [2.45, 2.75) is 12.8 Å². The van der Waals surface area contributed by atoms with Gasteiger partial charge in [-0.2, -0.15) is 0 Å². The van der Waals surface area contributed by atoms with Crippen LogP contribution in [0.2, 0.25) is 0 Å². The zero-order valence-corrected chi connectivity index (χ0v) is 16.9. The predicted octanol–water partition coefficient (Wildman–Crippen LogP) is 2.97. The van der Waals surface area contributed by atoms with Gasteiger partial charge in [-0.05, 0) is 30.3 Å². The normalized spacial score (nSPS) is 14.3. The minimum Gasteiger partial charge on any atom is -0.368 e. The quantitative estimate of drug-likeness (QED) is 0.634. The number of anilines is 1. The molecule has 4 rings (SSSR count). The summed E-state index contributed by atoms with van der Waals surface area (Å²) in [6.07, 6.45) is -2.50. The second-order valence-corrected chi connectivity index (χ2v) is 7.36. The fourth-order valence-electron chi connectivity index (χ4n) is 3.67. The molecule has 0 radical (unpaired) electrons. The first-order valence-corrected chi connectivity index (χ1v) is 10.1. The van der Waals surface area contributed by atoms with Crippen molar-refractivity contribution >= 4 is 28.5 Å². The van der Waals surface area contributed by atoms with Crippen molar-refractivity contribution in [3.8, 4) is 0 Å². The first kappa shape index (κ1) is 20.8. The Hall–Kier alpha value is -3.49. The molecule has 1 aromatic heterocycles. The number of carbonyl (C=O) groups excluding carboxylic acids is 2. The molecule has 1 fully saturated rings. The topological polar surface area (TPSA) is 81.3 Å². The van der Waals surface area contributed by atoms with Crippen LogP contribution in [0.1, 0.15) is 29.0 Å². The number of piperazine rings is 1. The molecule has 31 heavy (non-hydrogen) atoms. The third-order valence-electron chi connectivity index (χ3n) is 5.35. The number of hydrogen-bond donors (Lipinski definition) is 2. The predicted molar refractivity (Wildman–Crippen MR) is 113 cm³/mol. The average molecular weight is 427 g/mol. The van der Waals surface area contributed by atoms with Crippen LogP contribution in [0.5, 0.6) is 0 Å². The van der Waals surface area contributed by atoms with Gasteiger partial charge in [0.25, 0.3) is 12.3 Å². The Morgan fingerprint density at radius 2 is 1.81 bits per heavy atom. The molecule has 162 valence electrons. The SMILES string of the molecule is O=C(NCCC(=O)N1CCN(c2ccccc2)CC1)c1ccc2nc(C(F)F)[nH]c2c1. The van der Waals surface area contributed by atoms with Crippen molar-refractivity contribution in [1.82, 2.24) is 20.2 Å². The smallest absolute Gasteiger partial charge is 0.295 e. The van der Waals surface area contributed by atoms with Gasteiger partial charge in [0.15, 0.2) is 5.82 Å². The number of nitrogens with zero attached hydrogens (tertiary/aromatic N) is 3. The highest BCUT2D eigenvalue weighted by molar-refractivity contribution is 5.97. The van der Waals surface area contributed by atoms with Gasteiger partial charge in [-0.25, -0.2) is 13.8 Å². The van der Waals surface area contributed by atoms with Gasteiger partial charge in [-0.1, -0.05) is 18.2 Å². The second kappa shape index (κ2) is 9.11. The van der Waals surface area contributed by atoms with E-state index < -0.39 is 12.2 Å². The second-order valence-electron chi connectivity index (χ2n) is 7.36. The molecule has 1 saturated heterocycles. The van der Waals surface area contributed by atoms with Crippen molar-refractivity contribution in [2.75, 3.05) is 37.6 Å². The number of nitrogens with one attached hydrogen (secondary N) is 2. The lowest BCUT2D eigenvalue weighted by Gasteiger charge is -2.36. The van der Waals surface area contributed by atoms with Crippen LogP contribution in [0.15, 0.2) is 48.5 Å². The number of imidazole rings is 1. The van der Waals surface area contributed by atoms with Crippen LogP contribution < -0.4 is 10.2 Å². The molecule has 0 saturated carbocycles. The number of aromatic amines is 1. The number of aromatic nitrogens is 2. The Morgan fingerprint density at radius 1 is 1.06 bits per heavy atom. The molecule has 0 spiro atoms. The van der Waals surface area contributed by atoms with E-state index in [9.17, 15) is 18.4 Å². The standard InChI is InChI=1S/C22H23F2N5O2/c23-20(24)21-26-17-7-6-15(14-18(17)27-21)22(31)25-9-8-19(30)29-12-10-28(11-13-29)16-4-2-1-3-5-16/h1-7,14,20H,8-13H2,(H,25,31)(H,26,27). The highest BCUT2D eigenvalue weighted by Crippen LogP contribution is 2.20. The van der Waals surface area contributed by atoms with Gasteiger partial charge in [0.1, 0.15) is 0 Å². The van der Waals surface area contributed by atoms with Crippen molar-refractivity contribution in [1.29, 1.82) is 0 Å². The Morgan fingerprint density at radius 3 is 2.52 bits per heavy atom. The average Bonchev–Trinajstić information content (AvgIpc) is 3.23. The van der Waals surface area contributed by atoms with Crippen LogP contribution in [-0.2, 0) is 4.79 Å². The number of carbonyl (C=O) groups is 2. The molecule has 0 unspecified atom stereocenters. The summed E-state index contributed by atoms with van der Waals surface area (Å²) >= 11 is 0. The molecule has 0 bridgehead atoms. The lowest BCUT2D eigenvalue weighted by atomic mass is 10.2. The summed E-state index contributed by atoms with van der Waals surface area (Å²) in [5.41, 5.74) is 2.21.